The van der Waals surface area contributed by atoms with Gasteiger partial charge in [0.05, 0.1) is 28.7 Å². The number of nitro benzene ring substituents is 1. The van der Waals surface area contributed by atoms with Crippen molar-refractivity contribution in [1.29, 1.82) is 0 Å². The molecule has 0 unspecified atom stereocenters. The summed E-state index contributed by atoms with van der Waals surface area (Å²) in [4.78, 5) is 10.9. The van der Waals surface area contributed by atoms with Crippen molar-refractivity contribution in [2.24, 2.45) is 5.10 Å². The number of hydrogen-bond acceptors (Lipinski definition) is 7. The zero-order valence-corrected chi connectivity index (χ0v) is 20.1. The first-order valence-electron chi connectivity index (χ1n) is 11.6. The Morgan fingerprint density at radius 1 is 1.09 bits per heavy atom. The molecule has 34 heavy (non-hydrogen) atoms. The van der Waals surface area contributed by atoms with Crippen LogP contribution in [0.25, 0.3) is 0 Å². The molecule has 2 aromatic carbocycles. The largest absolute Gasteiger partial charge is 0.379 e. The van der Waals surface area contributed by atoms with Gasteiger partial charge in [0.15, 0.2) is 0 Å². The number of nitro groups is 1. The van der Waals surface area contributed by atoms with Crippen LogP contribution in [0.15, 0.2) is 52.5 Å². The topological polar surface area (TPSA) is 114 Å². The Kier molecular flexibility index (Phi) is 7.60. The lowest BCUT2D eigenvalue weighted by molar-refractivity contribution is -0.384. The highest BCUT2D eigenvalue weighted by Crippen LogP contribution is 2.33. The highest BCUT2D eigenvalue weighted by Gasteiger charge is 2.29. The third kappa shape index (κ3) is 5.45. The molecule has 0 aromatic heterocycles. The van der Waals surface area contributed by atoms with E-state index in [1.807, 2.05) is 19.1 Å². The van der Waals surface area contributed by atoms with Crippen molar-refractivity contribution in [3.8, 4) is 0 Å². The predicted molar refractivity (Wildman–Crippen MR) is 131 cm³/mol. The lowest BCUT2D eigenvalue weighted by Gasteiger charge is -2.26. The molecule has 1 N–H and O–H groups in total. The van der Waals surface area contributed by atoms with Crippen molar-refractivity contribution in [3.05, 3.63) is 63.7 Å². The second-order valence-electron chi connectivity index (χ2n) is 8.72. The van der Waals surface area contributed by atoms with Gasteiger partial charge >= 0.3 is 0 Å². The maximum atomic E-state index is 12.9. The first-order valence-corrected chi connectivity index (χ1v) is 13.1. The summed E-state index contributed by atoms with van der Waals surface area (Å²) in [6.07, 6.45) is 6.34. The van der Waals surface area contributed by atoms with E-state index in [4.69, 9.17) is 4.74 Å². The van der Waals surface area contributed by atoms with Gasteiger partial charge in [-0.05, 0) is 48.9 Å². The van der Waals surface area contributed by atoms with Crippen molar-refractivity contribution in [2.75, 3.05) is 31.7 Å². The van der Waals surface area contributed by atoms with Gasteiger partial charge in [0.25, 0.3) is 5.69 Å². The molecule has 4 rings (SSSR count). The zero-order chi connectivity index (χ0) is 24.1. The smallest absolute Gasteiger partial charge is 0.295 e. The molecule has 1 saturated carbocycles. The molecule has 0 spiro atoms. The molecular weight excluding hydrogens is 456 g/mol. The van der Waals surface area contributed by atoms with E-state index in [9.17, 15) is 18.5 Å². The molecule has 1 aliphatic carbocycles. The van der Waals surface area contributed by atoms with Gasteiger partial charge in [-0.25, -0.2) is 8.42 Å². The molecule has 182 valence electrons. The molecular formula is C24H30N4O5S. The van der Waals surface area contributed by atoms with Crippen LogP contribution in [0.4, 0.5) is 11.4 Å². The van der Waals surface area contributed by atoms with E-state index in [-0.39, 0.29) is 29.4 Å². The van der Waals surface area contributed by atoms with Gasteiger partial charge in [0, 0.05) is 19.2 Å². The summed E-state index contributed by atoms with van der Waals surface area (Å²) >= 11 is 0. The van der Waals surface area contributed by atoms with Gasteiger partial charge in [-0.1, -0.05) is 43.5 Å². The average Bonchev–Trinajstić information content (AvgIpc) is 2.88. The molecule has 2 aromatic rings. The third-order valence-electron chi connectivity index (χ3n) is 6.52. The quantitative estimate of drug-likeness (QED) is 0.350. The fourth-order valence-electron chi connectivity index (χ4n) is 4.49. The van der Waals surface area contributed by atoms with Crippen molar-refractivity contribution < 1.29 is 18.1 Å². The van der Waals surface area contributed by atoms with Gasteiger partial charge < -0.3 is 4.74 Å². The molecule has 10 heteroatoms. The molecule has 0 bridgehead atoms. The number of sulfonamides is 1. The number of ether oxygens (including phenoxy) is 1. The van der Waals surface area contributed by atoms with Crippen LogP contribution in [0, 0.1) is 10.1 Å². The van der Waals surface area contributed by atoms with Crippen molar-refractivity contribution in [1.82, 2.24) is 4.31 Å². The van der Waals surface area contributed by atoms with E-state index in [0.29, 0.717) is 24.8 Å². The summed E-state index contributed by atoms with van der Waals surface area (Å²) < 4.78 is 32.2. The molecule has 1 heterocycles. The number of hydrogen-bond donors (Lipinski definition) is 1. The van der Waals surface area contributed by atoms with Gasteiger partial charge in [-0.3, -0.25) is 15.5 Å². The lowest BCUT2D eigenvalue weighted by atomic mass is 9.84. The maximum absolute atomic E-state index is 12.9. The van der Waals surface area contributed by atoms with Crippen LogP contribution in [0.5, 0.6) is 0 Å². The number of nitrogens with one attached hydrogen (secondary N) is 1. The van der Waals surface area contributed by atoms with Crippen LogP contribution >= 0.6 is 0 Å². The predicted octanol–water partition coefficient (Wildman–Crippen LogP) is 4.50. The Morgan fingerprint density at radius 2 is 1.76 bits per heavy atom. The van der Waals surface area contributed by atoms with Crippen LogP contribution in [-0.4, -0.2) is 49.7 Å². The Bertz CT molecular complexity index is 1150. The van der Waals surface area contributed by atoms with Crippen molar-refractivity contribution in [3.63, 3.8) is 0 Å². The highest BCUT2D eigenvalue weighted by atomic mass is 32.2. The molecule has 2 aliphatic rings. The van der Waals surface area contributed by atoms with E-state index in [0.717, 1.165) is 11.6 Å². The fourth-order valence-corrected chi connectivity index (χ4v) is 5.92. The Hall–Kier alpha value is -2.82. The van der Waals surface area contributed by atoms with Crippen LogP contribution < -0.4 is 5.43 Å². The second-order valence-corrected chi connectivity index (χ2v) is 10.7. The van der Waals surface area contributed by atoms with Gasteiger partial charge in [0.2, 0.25) is 10.0 Å². The summed E-state index contributed by atoms with van der Waals surface area (Å²) in [5.41, 5.74) is 5.46. The minimum Gasteiger partial charge on any atom is -0.379 e. The van der Waals surface area contributed by atoms with Crippen LogP contribution in [0.2, 0.25) is 0 Å². The maximum Gasteiger partial charge on any atom is 0.295 e. The Balaban J connectivity index is 1.51. The van der Waals surface area contributed by atoms with Gasteiger partial charge in [0.1, 0.15) is 5.69 Å². The minimum absolute atomic E-state index is 0.120. The highest BCUT2D eigenvalue weighted by molar-refractivity contribution is 7.89. The molecule has 0 amide bonds. The summed E-state index contributed by atoms with van der Waals surface area (Å²) in [6.45, 7) is 2.87. The molecule has 1 aliphatic heterocycles. The van der Waals surface area contributed by atoms with Gasteiger partial charge in [-0.2, -0.15) is 9.41 Å². The molecule has 2 fully saturated rings. The lowest BCUT2D eigenvalue weighted by Crippen LogP contribution is -2.40. The van der Waals surface area contributed by atoms with Crippen molar-refractivity contribution in [2.45, 2.75) is 49.8 Å². The monoisotopic (exact) mass is 486 g/mol. The van der Waals surface area contributed by atoms with Crippen LogP contribution in [-0.2, 0) is 14.8 Å². The van der Waals surface area contributed by atoms with E-state index in [1.165, 1.54) is 54.1 Å². The van der Waals surface area contributed by atoms with Crippen molar-refractivity contribution >= 4 is 27.1 Å². The van der Waals surface area contributed by atoms with E-state index >= 15 is 0 Å². The second kappa shape index (κ2) is 10.6. The fraction of sp³-hybridized carbons (Fsp3) is 0.458. The zero-order valence-electron chi connectivity index (χ0n) is 19.3. The number of benzene rings is 2. The van der Waals surface area contributed by atoms with Gasteiger partial charge in [-0.15, -0.1) is 0 Å². The molecule has 1 saturated heterocycles. The number of morpholine rings is 1. The summed E-state index contributed by atoms with van der Waals surface area (Å²) in [7, 11) is -3.84. The van der Waals surface area contributed by atoms with Crippen LogP contribution in [0.1, 0.15) is 56.1 Å². The van der Waals surface area contributed by atoms with E-state index in [1.54, 1.807) is 0 Å². The number of hydrazone groups is 1. The number of nitrogens with zero attached hydrogens (tertiary/aromatic N) is 3. The normalized spacial score (nSPS) is 18.6. The third-order valence-corrected chi connectivity index (χ3v) is 8.42. The summed E-state index contributed by atoms with van der Waals surface area (Å²) in [5.74, 6) is 0.619. The van der Waals surface area contributed by atoms with Crippen LogP contribution in [0.3, 0.4) is 0 Å². The molecule has 0 radical (unpaired) electrons. The minimum atomic E-state index is -3.84. The average molecular weight is 487 g/mol. The standard InChI is InChI=1S/C24H30N4O5S/c1-18(19-7-9-21(10-8-19)20-5-3-2-4-6-20)25-26-23-12-11-22(17-24(23)28(29)30)34(31,32)27-13-15-33-16-14-27/h7-12,17,20,26H,2-6,13-16H2,1H3/b25-18+. The number of rotatable bonds is 7. The Labute approximate surface area is 200 Å². The Morgan fingerprint density at radius 3 is 2.41 bits per heavy atom. The number of anilines is 1. The first kappa shape index (κ1) is 24.3. The van der Waals surface area contributed by atoms with E-state index < -0.39 is 14.9 Å². The summed E-state index contributed by atoms with van der Waals surface area (Å²) in [6, 6.07) is 12.2. The first-order chi connectivity index (χ1) is 16.4. The SMILES string of the molecule is C/C(=N\Nc1ccc(S(=O)(=O)N2CCOCC2)cc1[N+](=O)[O-])c1ccc(C2CCCCC2)cc1. The summed E-state index contributed by atoms with van der Waals surface area (Å²) in [5, 5.41) is 16.0. The molecule has 0 atom stereocenters. The molecule has 9 nitrogen and oxygen atoms in total. The van der Waals surface area contributed by atoms with E-state index in [2.05, 4.69) is 22.7 Å².